The topological polar surface area (TPSA) is 86.8 Å². The van der Waals surface area contributed by atoms with Crippen LogP contribution in [0, 0.1) is 0 Å². The lowest BCUT2D eigenvalue weighted by atomic mass is 10.4. The molecule has 0 aromatic rings. The van der Waals surface area contributed by atoms with Crippen LogP contribution in [-0.4, -0.2) is 33.6 Å². The molecule has 0 saturated carbocycles. The predicted octanol–water partition coefficient (Wildman–Crippen LogP) is -0.624. The van der Waals surface area contributed by atoms with E-state index in [9.17, 15) is 4.79 Å². The van der Waals surface area contributed by atoms with Gasteiger partial charge in [-0.25, -0.2) is 4.79 Å². The van der Waals surface area contributed by atoms with E-state index in [4.69, 9.17) is 15.9 Å². The van der Waals surface area contributed by atoms with E-state index in [1.54, 1.807) is 0 Å². The minimum atomic E-state index is -1.31. The van der Waals surface area contributed by atoms with Crippen molar-refractivity contribution in [3.05, 3.63) is 25.3 Å². The van der Waals surface area contributed by atoms with Crippen molar-refractivity contribution in [1.29, 1.82) is 0 Å². The third kappa shape index (κ3) is 2.37. The van der Waals surface area contributed by atoms with Gasteiger partial charge in [-0.15, -0.1) is 0 Å². The maximum atomic E-state index is 10.6. The van der Waals surface area contributed by atoms with Crippen LogP contribution in [0.1, 0.15) is 0 Å². The Kier molecular flexibility index (Phi) is 4.03. The van der Waals surface area contributed by atoms with Gasteiger partial charge in [0.05, 0.1) is 0 Å². The molecule has 0 spiro atoms. The van der Waals surface area contributed by atoms with Crippen LogP contribution >= 0.6 is 0 Å². The molecular weight excluding hydrogens is 160 g/mol. The largest absolute Gasteiger partial charge is 0.370 e. The second-order valence-corrected chi connectivity index (χ2v) is 2.04. The zero-order valence-corrected chi connectivity index (χ0v) is 6.55. The number of rotatable bonds is 4. The van der Waals surface area contributed by atoms with Crippen LogP contribution in [0.3, 0.4) is 0 Å². The first-order chi connectivity index (χ1) is 5.54. The minimum Gasteiger partial charge on any atom is -0.370 e. The summed E-state index contributed by atoms with van der Waals surface area (Å²) in [5.41, 5.74) is 4.86. The highest BCUT2D eigenvalue weighted by molar-refractivity contribution is 5.72. The van der Waals surface area contributed by atoms with Crippen LogP contribution in [0.25, 0.3) is 0 Å². The first kappa shape index (κ1) is 10.7. The summed E-state index contributed by atoms with van der Waals surface area (Å²) in [7, 11) is 0. The molecule has 0 radical (unpaired) electrons. The van der Waals surface area contributed by atoms with Crippen LogP contribution in [-0.2, 0) is 0 Å². The van der Waals surface area contributed by atoms with Crippen molar-refractivity contribution in [2.45, 2.75) is 12.5 Å². The van der Waals surface area contributed by atoms with Crippen molar-refractivity contribution in [1.82, 2.24) is 4.90 Å². The average molecular weight is 172 g/mol. The molecule has 2 unspecified atom stereocenters. The van der Waals surface area contributed by atoms with E-state index in [2.05, 4.69) is 13.2 Å². The quantitative estimate of drug-likeness (QED) is 0.390. The lowest BCUT2D eigenvalue weighted by Crippen LogP contribution is -2.48. The number of hydrogen-bond donors (Lipinski definition) is 3. The molecule has 0 saturated heterocycles. The third-order valence-electron chi connectivity index (χ3n) is 1.25. The second kappa shape index (κ2) is 4.53. The summed E-state index contributed by atoms with van der Waals surface area (Å²) in [6.45, 7) is 6.47. The third-order valence-corrected chi connectivity index (χ3v) is 1.25. The Labute approximate surface area is 70.4 Å². The van der Waals surface area contributed by atoms with Gasteiger partial charge in [-0.05, 0) is 12.2 Å². The highest BCUT2D eigenvalue weighted by Crippen LogP contribution is 2.02. The summed E-state index contributed by atoms with van der Waals surface area (Å²) in [6, 6.07) is -0.949. The molecule has 0 aliphatic carbocycles. The number of nitrogens with zero attached hydrogens (tertiary/aromatic N) is 1. The van der Waals surface area contributed by atoms with Gasteiger partial charge in [0.15, 0.2) is 12.5 Å². The van der Waals surface area contributed by atoms with Crippen molar-refractivity contribution in [3.8, 4) is 0 Å². The molecule has 0 aliphatic heterocycles. The Morgan fingerprint density at radius 3 is 1.83 bits per heavy atom. The first-order valence-corrected chi connectivity index (χ1v) is 3.23. The summed E-state index contributed by atoms with van der Waals surface area (Å²) in [6.07, 6.45) is -0.486. The normalized spacial score (nSPS) is 14.5. The van der Waals surface area contributed by atoms with Gasteiger partial charge in [-0.1, -0.05) is 13.2 Å². The van der Waals surface area contributed by atoms with E-state index < -0.39 is 18.5 Å². The summed E-state index contributed by atoms with van der Waals surface area (Å²) in [4.78, 5) is 11.3. The van der Waals surface area contributed by atoms with Gasteiger partial charge in [0.25, 0.3) is 0 Å². The number of nitrogens with two attached hydrogens (primary N) is 1. The fourth-order valence-electron chi connectivity index (χ4n) is 0.644. The van der Waals surface area contributed by atoms with Crippen LogP contribution < -0.4 is 5.73 Å². The molecule has 0 aromatic carbocycles. The fraction of sp³-hybridized carbons (Fsp3) is 0.286. The second-order valence-electron chi connectivity index (χ2n) is 2.04. The van der Waals surface area contributed by atoms with Crippen molar-refractivity contribution < 1.29 is 15.0 Å². The molecule has 0 aromatic heterocycles. The average Bonchev–Trinajstić information content (AvgIpc) is 2.03. The van der Waals surface area contributed by atoms with Gasteiger partial charge < -0.3 is 15.9 Å². The number of aliphatic hydroxyl groups is 2. The first-order valence-electron chi connectivity index (χ1n) is 3.23. The van der Waals surface area contributed by atoms with Gasteiger partial charge in [0.1, 0.15) is 0 Å². The van der Waals surface area contributed by atoms with Gasteiger partial charge in [0, 0.05) is 0 Å². The predicted molar refractivity (Wildman–Crippen MR) is 43.8 cm³/mol. The van der Waals surface area contributed by atoms with E-state index in [1.807, 2.05) is 0 Å². The van der Waals surface area contributed by atoms with Crippen LogP contribution in [0.2, 0.25) is 0 Å². The zero-order valence-electron chi connectivity index (χ0n) is 6.55. The molecule has 0 rings (SSSR count). The number of carbonyl (C=O) groups is 1. The molecule has 0 bridgehead atoms. The molecular formula is C7H12N2O3. The number of primary amides is 1. The fourth-order valence-corrected chi connectivity index (χ4v) is 0.644. The number of hydrogen-bond acceptors (Lipinski definition) is 3. The van der Waals surface area contributed by atoms with Gasteiger partial charge in [-0.3, -0.25) is 4.90 Å². The Balaban J connectivity index is 4.52. The monoisotopic (exact) mass is 172 g/mol. The van der Waals surface area contributed by atoms with E-state index in [0.717, 1.165) is 12.2 Å². The molecule has 12 heavy (non-hydrogen) atoms. The van der Waals surface area contributed by atoms with E-state index in [1.165, 1.54) is 0 Å². The maximum absolute atomic E-state index is 10.6. The van der Waals surface area contributed by atoms with Crippen LogP contribution in [0.5, 0.6) is 0 Å². The Hall–Kier alpha value is -1.33. The van der Waals surface area contributed by atoms with Crippen molar-refractivity contribution in [3.63, 3.8) is 0 Å². The van der Waals surface area contributed by atoms with E-state index >= 15 is 0 Å². The maximum Gasteiger partial charge on any atom is 0.319 e. The summed E-state index contributed by atoms with van der Waals surface area (Å²) in [5.74, 6) is 0. The van der Waals surface area contributed by atoms with Crippen LogP contribution in [0.15, 0.2) is 25.3 Å². The van der Waals surface area contributed by atoms with E-state index in [0.29, 0.717) is 4.90 Å². The molecule has 2 amide bonds. The number of carbonyl (C=O) groups excluding carboxylic acids is 1. The Morgan fingerprint density at radius 2 is 1.67 bits per heavy atom. The summed E-state index contributed by atoms with van der Waals surface area (Å²) < 4.78 is 0. The summed E-state index contributed by atoms with van der Waals surface area (Å²) >= 11 is 0. The standard InChI is InChI=1S/C7H12N2O3/c1-3-5(10)9(7(8)12)6(11)4-2/h3-6,10-11H,1-2H2,(H2,8,12). The molecule has 4 N–H and O–H groups in total. The number of amides is 2. The highest BCUT2D eigenvalue weighted by atomic mass is 16.3. The Morgan fingerprint density at radius 1 is 1.33 bits per heavy atom. The number of aliphatic hydroxyl groups excluding tert-OH is 2. The summed E-state index contributed by atoms with van der Waals surface area (Å²) in [5, 5.41) is 18.2. The molecule has 0 heterocycles. The molecule has 5 heteroatoms. The van der Waals surface area contributed by atoms with Crippen LogP contribution in [0.4, 0.5) is 4.79 Å². The molecule has 2 atom stereocenters. The smallest absolute Gasteiger partial charge is 0.319 e. The lowest BCUT2D eigenvalue weighted by molar-refractivity contribution is -0.0210. The highest BCUT2D eigenvalue weighted by Gasteiger charge is 2.21. The van der Waals surface area contributed by atoms with Crippen molar-refractivity contribution in [2.24, 2.45) is 5.73 Å². The number of urea groups is 1. The molecule has 5 nitrogen and oxygen atoms in total. The van der Waals surface area contributed by atoms with Crippen molar-refractivity contribution in [2.75, 3.05) is 0 Å². The van der Waals surface area contributed by atoms with Gasteiger partial charge >= 0.3 is 6.03 Å². The van der Waals surface area contributed by atoms with Crippen molar-refractivity contribution >= 4 is 6.03 Å². The lowest BCUT2D eigenvalue weighted by Gasteiger charge is -2.26. The molecule has 0 aliphatic rings. The molecule has 68 valence electrons. The Bertz CT molecular complexity index is 179. The zero-order chi connectivity index (χ0) is 9.72. The van der Waals surface area contributed by atoms with E-state index in [-0.39, 0.29) is 0 Å². The van der Waals surface area contributed by atoms with Gasteiger partial charge in [-0.2, -0.15) is 0 Å². The van der Waals surface area contributed by atoms with Gasteiger partial charge in [0.2, 0.25) is 0 Å². The SMILES string of the molecule is C=CC(O)N(C(N)=O)C(O)C=C. The molecule has 0 fully saturated rings. The minimum absolute atomic E-state index is 0.625.